The number of benzene rings is 1. The van der Waals surface area contributed by atoms with Gasteiger partial charge in [0.1, 0.15) is 0 Å². The topological polar surface area (TPSA) is 87.5 Å². The third kappa shape index (κ3) is 4.33. The zero-order valence-corrected chi connectivity index (χ0v) is 15.5. The molecule has 2 heterocycles. The number of hydrogen-bond acceptors (Lipinski definition) is 4. The predicted molar refractivity (Wildman–Crippen MR) is 99.2 cm³/mol. The lowest BCUT2D eigenvalue weighted by atomic mass is 10.1. The molecule has 1 aliphatic heterocycles. The Bertz CT molecular complexity index is 853. The van der Waals surface area contributed by atoms with Gasteiger partial charge in [0, 0.05) is 58.3 Å². The molecule has 0 spiro atoms. The molecule has 1 fully saturated rings. The molecule has 142 valence electrons. The second-order valence-electron chi connectivity index (χ2n) is 6.52. The first kappa shape index (κ1) is 18.6. The molecule has 1 aromatic carbocycles. The van der Waals surface area contributed by atoms with E-state index < -0.39 is 0 Å². The standard InChI is InChI=1S/C19H23N5O3/c1-14(25)20-11-16-12-21-24(13-16)18-6-4-3-5-17(18)19(27)23-9-7-22(8-10-23)15(2)26/h3-6,12-13H,7-11H2,1-2H3,(H,20,25). The lowest BCUT2D eigenvalue weighted by Gasteiger charge is -2.34. The predicted octanol–water partition coefficient (Wildman–Crippen LogP) is 0.813. The van der Waals surface area contributed by atoms with Gasteiger partial charge in [-0.25, -0.2) is 4.68 Å². The van der Waals surface area contributed by atoms with E-state index in [0.717, 1.165) is 5.56 Å². The molecule has 1 saturated heterocycles. The Morgan fingerprint density at radius 1 is 1.04 bits per heavy atom. The lowest BCUT2D eigenvalue weighted by Crippen LogP contribution is -2.50. The maximum atomic E-state index is 13.0. The van der Waals surface area contributed by atoms with E-state index in [1.54, 1.807) is 39.9 Å². The van der Waals surface area contributed by atoms with Crippen LogP contribution >= 0.6 is 0 Å². The van der Waals surface area contributed by atoms with Crippen LogP contribution in [0.25, 0.3) is 5.69 Å². The molecule has 2 aromatic rings. The number of carbonyl (C=O) groups is 3. The molecular formula is C19H23N5O3. The Hall–Kier alpha value is -3.16. The molecule has 0 saturated carbocycles. The average Bonchev–Trinajstić information content (AvgIpc) is 3.15. The zero-order valence-electron chi connectivity index (χ0n) is 15.5. The summed E-state index contributed by atoms with van der Waals surface area (Å²) >= 11 is 0. The van der Waals surface area contributed by atoms with Crippen LogP contribution in [0.2, 0.25) is 0 Å². The largest absolute Gasteiger partial charge is 0.352 e. The highest BCUT2D eigenvalue weighted by molar-refractivity contribution is 5.98. The first-order valence-corrected chi connectivity index (χ1v) is 8.88. The smallest absolute Gasteiger partial charge is 0.256 e. The van der Waals surface area contributed by atoms with E-state index in [2.05, 4.69) is 10.4 Å². The third-order valence-electron chi connectivity index (χ3n) is 4.57. The Kier molecular flexibility index (Phi) is 5.54. The number of para-hydroxylation sites is 1. The van der Waals surface area contributed by atoms with E-state index >= 15 is 0 Å². The van der Waals surface area contributed by atoms with Crippen molar-refractivity contribution < 1.29 is 14.4 Å². The Balaban J connectivity index is 1.77. The van der Waals surface area contributed by atoms with Gasteiger partial charge in [0.05, 0.1) is 17.4 Å². The number of hydrogen-bond donors (Lipinski definition) is 1. The van der Waals surface area contributed by atoms with Crippen LogP contribution in [0.3, 0.4) is 0 Å². The van der Waals surface area contributed by atoms with Crippen LogP contribution in [-0.4, -0.2) is 63.5 Å². The second kappa shape index (κ2) is 8.03. The highest BCUT2D eigenvalue weighted by atomic mass is 16.2. The molecular weight excluding hydrogens is 346 g/mol. The number of aromatic nitrogens is 2. The van der Waals surface area contributed by atoms with Crippen molar-refractivity contribution in [3.8, 4) is 5.69 Å². The van der Waals surface area contributed by atoms with Crippen LogP contribution < -0.4 is 5.32 Å². The van der Waals surface area contributed by atoms with Crippen LogP contribution in [0, 0.1) is 0 Å². The van der Waals surface area contributed by atoms with E-state index in [1.807, 2.05) is 18.2 Å². The van der Waals surface area contributed by atoms with Crippen molar-refractivity contribution in [1.82, 2.24) is 24.9 Å². The Labute approximate surface area is 157 Å². The SMILES string of the molecule is CC(=O)NCc1cnn(-c2ccccc2C(=O)N2CCN(C(C)=O)CC2)c1. The van der Waals surface area contributed by atoms with Crippen molar-refractivity contribution in [2.24, 2.45) is 0 Å². The van der Waals surface area contributed by atoms with Crippen molar-refractivity contribution in [3.63, 3.8) is 0 Å². The van der Waals surface area contributed by atoms with Crippen molar-refractivity contribution in [2.75, 3.05) is 26.2 Å². The van der Waals surface area contributed by atoms with Crippen LogP contribution in [-0.2, 0) is 16.1 Å². The van der Waals surface area contributed by atoms with Crippen LogP contribution in [0.4, 0.5) is 0 Å². The summed E-state index contributed by atoms with van der Waals surface area (Å²) in [7, 11) is 0. The lowest BCUT2D eigenvalue weighted by molar-refractivity contribution is -0.130. The average molecular weight is 369 g/mol. The molecule has 1 aromatic heterocycles. The second-order valence-corrected chi connectivity index (χ2v) is 6.52. The highest BCUT2D eigenvalue weighted by Crippen LogP contribution is 2.18. The Morgan fingerprint density at radius 3 is 2.37 bits per heavy atom. The summed E-state index contributed by atoms with van der Waals surface area (Å²) in [5.74, 6) is -0.151. The van der Waals surface area contributed by atoms with Gasteiger partial charge in [-0.1, -0.05) is 12.1 Å². The molecule has 0 aliphatic carbocycles. The molecule has 1 N–H and O–H groups in total. The van der Waals surface area contributed by atoms with E-state index in [1.165, 1.54) is 6.92 Å². The first-order chi connectivity index (χ1) is 13.0. The van der Waals surface area contributed by atoms with Crippen molar-refractivity contribution in [3.05, 3.63) is 47.8 Å². The number of carbonyl (C=O) groups excluding carboxylic acids is 3. The molecule has 0 unspecified atom stereocenters. The molecule has 0 bridgehead atoms. The summed E-state index contributed by atoms with van der Waals surface area (Å²) in [6, 6.07) is 7.30. The van der Waals surface area contributed by atoms with Crippen LogP contribution in [0.1, 0.15) is 29.8 Å². The summed E-state index contributed by atoms with van der Waals surface area (Å²) in [4.78, 5) is 39.1. The highest BCUT2D eigenvalue weighted by Gasteiger charge is 2.25. The minimum absolute atomic E-state index is 0.0331. The number of amides is 3. The number of nitrogens with zero attached hydrogens (tertiary/aromatic N) is 4. The Morgan fingerprint density at radius 2 is 1.70 bits per heavy atom. The minimum atomic E-state index is -0.108. The molecule has 3 amide bonds. The van der Waals surface area contributed by atoms with Gasteiger partial charge in [-0.15, -0.1) is 0 Å². The van der Waals surface area contributed by atoms with Gasteiger partial charge in [0.25, 0.3) is 5.91 Å². The molecule has 8 nitrogen and oxygen atoms in total. The van der Waals surface area contributed by atoms with Gasteiger partial charge in [0.2, 0.25) is 11.8 Å². The summed E-state index contributed by atoms with van der Waals surface area (Å²) in [6.45, 7) is 5.52. The quantitative estimate of drug-likeness (QED) is 0.864. The summed E-state index contributed by atoms with van der Waals surface area (Å²) < 4.78 is 1.65. The fraction of sp³-hybridized carbons (Fsp3) is 0.368. The summed E-state index contributed by atoms with van der Waals surface area (Å²) in [5, 5.41) is 7.06. The number of rotatable bonds is 4. The normalized spacial score (nSPS) is 14.1. The van der Waals surface area contributed by atoms with Crippen molar-refractivity contribution in [1.29, 1.82) is 0 Å². The fourth-order valence-electron chi connectivity index (χ4n) is 3.06. The van der Waals surface area contributed by atoms with Crippen molar-refractivity contribution in [2.45, 2.75) is 20.4 Å². The maximum absolute atomic E-state index is 13.0. The minimum Gasteiger partial charge on any atom is -0.352 e. The van der Waals surface area contributed by atoms with Gasteiger partial charge in [0.15, 0.2) is 0 Å². The molecule has 1 aliphatic rings. The van der Waals surface area contributed by atoms with Gasteiger partial charge in [-0.2, -0.15) is 5.10 Å². The first-order valence-electron chi connectivity index (χ1n) is 8.88. The maximum Gasteiger partial charge on any atom is 0.256 e. The third-order valence-corrected chi connectivity index (χ3v) is 4.57. The molecule has 0 radical (unpaired) electrons. The van der Waals surface area contributed by atoms with Gasteiger partial charge in [-0.3, -0.25) is 14.4 Å². The molecule has 8 heteroatoms. The van der Waals surface area contributed by atoms with Crippen LogP contribution in [0.15, 0.2) is 36.7 Å². The van der Waals surface area contributed by atoms with E-state index in [0.29, 0.717) is 44.0 Å². The van der Waals surface area contributed by atoms with Crippen molar-refractivity contribution >= 4 is 17.7 Å². The van der Waals surface area contributed by atoms with E-state index in [4.69, 9.17) is 0 Å². The van der Waals surface area contributed by atoms with Gasteiger partial charge < -0.3 is 15.1 Å². The summed E-state index contributed by atoms with van der Waals surface area (Å²) in [6.07, 6.45) is 3.47. The molecule has 0 atom stereocenters. The van der Waals surface area contributed by atoms with E-state index in [-0.39, 0.29) is 17.7 Å². The fourth-order valence-corrected chi connectivity index (χ4v) is 3.06. The monoisotopic (exact) mass is 369 g/mol. The van der Waals surface area contributed by atoms with Gasteiger partial charge >= 0.3 is 0 Å². The van der Waals surface area contributed by atoms with E-state index in [9.17, 15) is 14.4 Å². The number of nitrogens with one attached hydrogen (secondary N) is 1. The summed E-state index contributed by atoms with van der Waals surface area (Å²) in [5.41, 5.74) is 2.09. The molecule has 27 heavy (non-hydrogen) atoms. The number of piperazine rings is 1. The van der Waals surface area contributed by atoms with Crippen LogP contribution in [0.5, 0.6) is 0 Å². The molecule has 3 rings (SSSR count). The van der Waals surface area contributed by atoms with Gasteiger partial charge in [-0.05, 0) is 12.1 Å². The zero-order chi connectivity index (χ0) is 19.4.